The maximum absolute atomic E-state index is 12.3. The minimum atomic E-state index is -3.17. The molecule has 2 N–H and O–H groups in total. The Bertz CT molecular complexity index is 525. The van der Waals surface area contributed by atoms with Crippen molar-refractivity contribution in [3.8, 4) is 0 Å². The Morgan fingerprint density at radius 3 is 2.59 bits per heavy atom. The van der Waals surface area contributed by atoms with Crippen molar-refractivity contribution < 1.29 is 23.6 Å². The Labute approximate surface area is 91.8 Å². The number of carbonyl (C=O) groups is 1. The molecule has 0 aliphatic rings. The molecule has 0 saturated carbocycles. The van der Waals surface area contributed by atoms with Crippen molar-refractivity contribution in [1.29, 1.82) is 0 Å². The van der Waals surface area contributed by atoms with Crippen LogP contribution in [0.15, 0.2) is 11.0 Å². The van der Waals surface area contributed by atoms with Gasteiger partial charge in [-0.2, -0.15) is 0 Å². The number of nitro groups is 1. The number of alkyl halides is 2. The van der Waals surface area contributed by atoms with Crippen molar-refractivity contribution in [3.63, 3.8) is 0 Å². The van der Waals surface area contributed by atoms with Gasteiger partial charge in [-0.15, -0.1) is 0 Å². The molecule has 7 nitrogen and oxygen atoms in total. The van der Waals surface area contributed by atoms with Crippen LogP contribution < -0.4 is 5.43 Å². The number of halogens is 2. The van der Waals surface area contributed by atoms with Crippen molar-refractivity contribution in [2.45, 2.75) is 12.8 Å². The molecule has 17 heavy (non-hydrogen) atoms. The van der Waals surface area contributed by atoms with Gasteiger partial charge in [0.1, 0.15) is 5.69 Å². The van der Waals surface area contributed by atoms with Crippen molar-refractivity contribution in [2.24, 2.45) is 0 Å². The minimum absolute atomic E-state index is 0.517. The molecule has 1 aromatic heterocycles. The van der Waals surface area contributed by atoms with Crippen molar-refractivity contribution in [1.82, 2.24) is 4.98 Å². The molecule has 0 atom stereocenters. The number of H-pyrrole nitrogens is 1. The first-order valence-electron chi connectivity index (χ1n) is 4.23. The normalized spacial score (nSPS) is 10.5. The van der Waals surface area contributed by atoms with Crippen LogP contribution in [0.25, 0.3) is 0 Å². The fourth-order valence-corrected chi connectivity index (χ4v) is 1.21. The number of hydrogen-bond donors (Lipinski definition) is 2. The van der Waals surface area contributed by atoms with Crippen LogP contribution in [0.4, 0.5) is 14.5 Å². The Morgan fingerprint density at radius 1 is 1.59 bits per heavy atom. The lowest BCUT2D eigenvalue weighted by atomic mass is 10.2. The van der Waals surface area contributed by atoms with Gasteiger partial charge in [0.05, 0.1) is 16.9 Å². The molecule has 1 aromatic rings. The van der Waals surface area contributed by atoms with Crippen LogP contribution in [0.1, 0.15) is 17.7 Å². The summed E-state index contributed by atoms with van der Waals surface area (Å²) in [6.45, 7) is 0. The highest BCUT2D eigenvalue weighted by molar-refractivity contribution is 5.71. The van der Waals surface area contributed by atoms with E-state index in [1.54, 1.807) is 0 Å². The Morgan fingerprint density at radius 2 is 2.18 bits per heavy atom. The molecule has 0 amide bonds. The molecular formula is C8H6F2N2O5. The van der Waals surface area contributed by atoms with Crippen LogP contribution in [-0.2, 0) is 11.2 Å². The molecule has 0 aromatic carbocycles. The number of hydrogen-bond acceptors (Lipinski definition) is 4. The number of carboxylic acids is 1. The van der Waals surface area contributed by atoms with Gasteiger partial charge in [-0.05, 0) is 0 Å². The molecule has 0 radical (unpaired) electrons. The van der Waals surface area contributed by atoms with Crippen molar-refractivity contribution in [3.05, 3.63) is 37.8 Å². The number of nitrogens with one attached hydrogen (secondary N) is 1. The van der Waals surface area contributed by atoms with Crippen LogP contribution in [0, 0.1) is 10.1 Å². The molecule has 0 bridgehead atoms. The van der Waals surface area contributed by atoms with Gasteiger partial charge in [-0.25, -0.2) is 8.78 Å². The molecule has 0 aliphatic carbocycles. The molecule has 0 saturated heterocycles. The highest BCUT2D eigenvalue weighted by Gasteiger charge is 2.26. The number of rotatable bonds is 4. The van der Waals surface area contributed by atoms with Gasteiger partial charge >= 0.3 is 11.7 Å². The average Bonchev–Trinajstić information content (AvgIpc) is 2.15. The second-order valence-electron chi connectivity index (χ2n) is 3.03. The summed E-state index contributed by atoms with van der Waals surface area (Å²) in [5.74, 6) is -1.42. The first-order chi connectivity index (χ1) is 7.84. The summed E-state index contributed by atoms with van der Waals surface area (Å²) < 4.78 is 24.6. The maximum Gasteiger partial charge on any atom is 0.336 e. The number of aliphatic carboxylic acids is 1. The van der Waals surface area contributed by atoms with Crippen LogP contribution in [-0.4, -0.2) is 21.0 Å². The van der Waals surface area contributed by atoms with Gasteiger partial charge in [0.15, 0.2) is 0 Å². The summed E-state index contributed by atoms with van der Waals surface area (Å²) in [5.41, 5.74) is -4.21. The summed E-state index contributed by atoms with van der Waals surface area (Å²) in [6, 6.07) is 0. The first-order valence-corrected chi connectivity index (χ1v) is 4.23. The molecule has 0 unspecified atom stereocenters. The highest BCUT2D eigenvalue weighted by Crippen LogP contribution is 2.19. The van der Waals surface area contributed by atoms with Gasteiger partial charge < -0.3 is 10.1 Å². The van der Waals surface area contributed by atoms with E-state index < -0.39 is 46.1 Å². The summed E-state index contributed by atoms with van der Waals surface area (Å²) in [7, 11) is 0. The fraction of sp³-hybridized carbons (Fsp3) is 0.250. The zero-order valence-corrected chi connectivity index (χ0v) is 8.15. The molecule has 0 fully saturated rings. The van der Waals surface area contributed by atoms with E-state index in [1.165, 1.54) is 0 Å². The van der Waals surface area contributed by atoms with E-state index in [0.717, 1.165) is 0 Å². The van der Waals surface area contributed by atoms with Gasteiger partial charge in [0.2, 0.25) is 0 Å². The topological polar surface area (TPSA) is 113 Å². The van der Waals surface area contributed by atoms with E-state index >= 15 is 0 Å². The maximum atomic E-state index is 12.3. The third-order valence-electron chi connectivity index (χ3n) is 1.91. The first kappa shape index (κ1) is 12.7. The van der Waals surface area contributed by atoms with Crippen LogP contribution in [0.2, 0.25) is 0 Å². The monoisotopic (exact) mass is 248 g/mol. The summed E-state index contributed by atoms with van der Waals surface area (Å²) in [4.78, 5) is 33.1. The zero-order valence-electron chi connectivity index (χ0n) is 8.15. The SMILES string of the molecule is O=C(O)Cc1[nH]cc(C(F)F)c(=O)c1[N+](=O)[O-]. The molecule has 0 spiro atoms. The number of aromatic nitrogens is 1. The van der Waals surface area contributed by atoms with Gasteiger partial charge in [0.25, 0.3) is 11.9 Å². The Balaban J connectivity index is 3.45. The molecule has 1 heterocycles. The molecular weight excluding hydrogens is 242 g/mol. The Kier molecular flexibility index (Phi) is 3.51. The van der Waals surface area contributed by atoms with E-state index in [1.807, 2.05) is 4.98 Å². The standard InChI is InChI=1S/C8H6F2N2O5/c9-8(10)3-2-11-4(1-5(13)14)6(7(3)15)12(16)17/h2,8H,1H2,(H,11,15)(H,13,14). The van der Waals surface area contributed by atoms with Crippen molar-refractivity contribution >= 4 is 11.7 Å². The minimum Gasteiger partial charge on any atom is -0.481 e. The predicted octanol–water partition coefficient (Wildman–Crippen LogP) is 0.848. The van der Waals surface area contributed by atoms with Gasteiger partial charge in [-0.3, -0.25) is 19.7 Å². The van der Waals surface area contributed by atoms with E-state index in [9.17, 15) is 28.5 Å². The van der Waals surface area contributed by atoms with Gasteiger partial charge in [0, 0.05) is 6.20 Å². The Hall–Kier alpha value is -2.32. The van der Waals surface area contributed by atoms with E-state index in [0.29, 0.717) is 6.20 Å². The second-order valence-corrected chi connectivity index (χ2v) is 3.03. The summed E-state index contributed by atoms with van der Waals surface area (Å²) in [5, 5.41) is 19.0. The lowest BCUT2D eigenvalue weighted by Crippen LogP contribution is -2.19. The van der Waals surface area contributed by atoms with Crippen LogP contribution >= 0.6 is 0 Å². The number of nitrogens with zero attached hydrogens (tertiary/aromatic N) is 1. The zero-order chi connectivity index (χ0) is 13.2. The number of pyridine rings is 1. The summed E-state index contributed by atoms with van der Waals surface area (Å²) in [6.07, 6.45) is -3.41. The number of aromatic amines is 1. The lowest BCUT2D eigenvalue weighted by molar-refractivity contribution is -0.387. The quantitative estimate of drug-likeness (QED) is 0.605. The molecule has 9 heteroatoms. The predicted molar refractivity (Wildman–Crippen MR) is 50.0 cm³/mol. The lowest BCUT2D eigenvalue weighted by Gasteiger charge is -2.03. The second kappa shape index (κ2) is 4.68. The average molecular weight is 248 g/mol. The van der Waals surface area contributed by atoms with E-state index in [-0.39, 0.29) is 0 Å². The highest BCUT2D eigenvalue weighted by atomic mass is 19.3. The van der Waals surface area contributed by atoms with E-state index in [4.69, 9.17) is 5.11 Å². The van der Waals surface area contributed by atoms with Crippen LogP contribution in [0.3, 0.4) is 0 Å². The smallest absolute Gasteiger partial charge is 0.336 e. The third kappa shape index (κ3) is 2.62. The number of carboxylic acid groups (broad SMARTS) is 1. The third-order valence-corrected chi connectivity index (χ3v) is 1.91. The summed E-state index contributed by atoms with van der Waals surface area (Å²) >= 11 is 0. The molecule has 0 aliphatic heterocycles. The molecule has 1 rings (SSSR count). The van der Waals surface area contributed by atoms with Crippen LogP contribution in [0.5, 0.6) is 0 Å². The molecule has 92 valence electrons. The van der Waals surface area contributed by atoms with E-state index in [2.05, 4.69) is 0 Å². The fourth-order valence-electron chi connectivity index (χ4n) is 1.21. The largest absolute Gasteiger partial charge is 0.481 e. The van der Waals surface area contributed by atoms with Crippen molar-refractivity contribution in [2.75, 3.05) is 0 Å². The van der Waals surface area contributed by atoms with Gasteiger partial charge in [-0.1, -0.05) is 0 Å².